The molecule has 1 heterocycles. The summed E-state index contributed by atoms with van der Waals surface area (Å²) >= 11 is 17.5. The van der Waals surface area contributed by atoms with E-state index in [4.69, 9.17) is 44.9 Å². The summed E-state index contributed by atoms with van der Waals surface area (Å²) in [6.45, 7) is 0.542. The van der Waals surface area contributed by atoms with Crippen molar-refractivity contribution in [1.82, 2.24) is 14.9 Å². The van der Waals surface area contributed by atoms with E-state index >= 15 is 0 Å². The largest absolute Gasteiger partial charge is 0.493 e. The number of ether oxygens (including phenoxy) is 2. The van der Waals surface area contributed by atoms with Crippen LogP contribution < -0.4 is 14.9 Å². The fraction of sp³-hybridized carbons (Fsp3) is 0.176. The van der Waals surface area contributed by atoms with E-state index < -0.39 is 5.82 Å². The first-order chi connectivity index (χ1) is 13.0. The molecule has 1 aromatic heterocycles. The summed E-state index contributed by atoms with van der Waals surface area (Å²) < 4.78 is 26.3. The lowest BCUT2D eigenvalue weighted by Gasteiger charge is -2.15. The number of methoxy groups -OCH3 is 1. The lowest BCUT2D eigenvalue weighted by Crippen LogP contribution is -2.13. The number of nitrogens with zero attached hydrogens (tertiary/aromatic N) is 2. The molecule has 0 aliphatic carbocycles. The Morgan fingerprint density at radius 3 is 2.63 bits per heavy atom. The number of H-pyrrole nitrogens is 1. The van der Waals surface area contributed by atoms with Crippen molar-refractivity contribution in [2.75, 3.05) is 12.5 Å². The quantitative estimate of drug-likeness (QED) is 0.533. The fourth-order valence-electron chi connectivity index (χ4n) is 2.31. The molecule has 6 nitrogen and oxygen atoms in total. The normalized spacial score (nSPS) is 10.7. The summed E-state index contributed by atoms with van der Waals surface area (Å²) in [5, 5.41) is 7.25. The highest BCUT2D eigenvalue weighted by Gasteiger charge is 2.12. The van der Waals surface area contributed by atoms with Crippen LogP contribution in [-0.4, -0.2) is 22.0 Å². The van der Waals surface area contributed by atoms with Gasteiger partial charge in [0.1, 0.15) is 18.8 Å². The third-order valence-electron chi connectivity index (χ3n) is 3.72. The molecule has 0 saturated heterocycles. The summed E-state index contributed by atoms with van der Waals surface area (Å²) in [5.74, 6) is 0.552. The Hall–Kier alpha value is -2.29. The van der Waals surface area contributed by atoms with Gasteiger partial charge >= 0.3 is 0 Å². The topological polar surface area (TPSA) is 64.1 Å². The van der Waals surface area contributed by atoms with Gasteiger partial charge in [-0.25, -0.2) is 9.07 Å². The minimum atomic E-state index is -0.404. The highest BCUT2D eigenvalue weighted by molar-refractivity contribution is 7.71. The molecule has 3 aromatic rings. The minimum absolute atomic E-state index is 0.146. The number of aromatic amines is 1. The van der Waals surface area contributed by atoms with Crippen LogP contribution in [0.1, 0.15) is 11.1 Å². The Morgan fingerprint density at radius 2 is 1.96 bits per heavy atom. The van der Waals surface area contributed by atoms with E-state index in [0.29, 0.717) is 33.4 Å². The highest BCUT2D eigenvalue weighted by Crippen LogP contribution is 2.34. The second-order valence-electron chi connectivity index (χ2n) is 5.49. The van der Waals surface area contributed by atoms with Crippen LogP contribution in [0, 0.1) is 10.6 Å². The zero-order chi connectivity index (χ0) is 19.4. The molecule has 0 spiro atoms. The van der Waals surface area contributed by atoms with E-state index in [-0.39, 0.29) is 11.6 Å². The van der Waals surface area contributed by atoms with Crippen LogP contribution in [0.4, 0.5) is 4.39 Å². The van der Waals surface area contributed by atoms with Crippen LogP contribution in [-0.2, 0) is 13.2 Å². The summed E-state index contributed by atoms with van der Waals surface area (Å²) in [6, 6.07) is 7.55. The molecule has 0 saturated carbocycles. The molecule has 0 aliphatic rings. The Balaban J connectivity index is 1.75. The maximum Gasteiger partial charge on any atom is 0.214 e. The van der Waals surface area contributed by atoms with Crippen LogP contribution in [0.25, 0.3) is 0 Å². The predicted molar refractivity (Wildman–Crippen MR) is 104 cm³/mol. The molecule has 0 amide bonds. The molecule has 2 aromatic carbocycles. The number of halogens is 3. The van der Waals surface area contributed by atoms with Crippen molar-refractivity contribution < 1.29 is 13.9 Å². The molecule has 27 heavy (non-hydrogen) atoms. The van der Waals surface area contributed by atoms with E-state index in [1.54, 1.807) is 22.9 Å². The van der Waals surface area contributed by atoms with Gasteiger partial charge in [-0.15, -0.1) is 0 Å². The molecule has 0 fully saturated rings. The van der Waals surface area contributed by atoms with Gasteiger partial charge in [0.2, 0.25) is 4.77 Å². The van der Waals surface area contributed by atoms with Crippen LogP contribution in [0.5, 0.6) is 11.5 Å². The van der Waals surface area contributed by atoms with Crippen LogP contribution in [0.15, 0.2) is 36.7 Å². The number of benzene rings is 2. The highest BCUT2D eigenvalue weighted by atomic mass is 35.5. The first-order valence-electron chi connectivity index (χ1n) is 7.77. The van der Waals surface area contributed by atoms with Crippen LogP contribution in [0.3, 0.4) is 0 Å². The standard InChI is InChI=1S/C17H15Cl2FN4O2S/c1-25-15-4-11(7-22-24-9-21-23-17(24)27)14(19)6-16(15)26-8-10-2-3-12(20)5-13(10)18/h2-6,9,22H,7-8H2,1H3,(H,23,27). The number of aromatic nitrogens is 3. The maximum absolute atomic E-state index is 13.1. The van der Waals surface area contributed by atoms with Crippen molar-refractivity contribution in [2.24, 2.45) is 0 Å². The number of rotatable bonds is 7. The Bertz CT molecular complexity index is 1010. The summed E-state index contributed by atoms with van der Waals surface area (Å²) in [6.07, 6.45) is 1.53. The van der Waals surface area contributed by atoms with Gasteiger partial charge in [-0.2, -0.15) is 5.10 Å². The minimum Gasteiger partial charge on any atom is -0.493 e. The van der Waals surface area contributed by atoms with E-state index in [1.165, 1.54) is 25.6 Å². The molecule has 0 atom stereocenters. The van der Waals surface area contributed by atoms with Crippen molar-refractivity contribution in [1.29, 1.82) is 0 Å². The molecule has 10 heteroatoms. The number of nitrogens with one attached hydrogen (secondary N) is 2. The zero-order valence-electron chi connectivity index (χ0n) is 14.1. The first kappa shape index (κ1) is 19.5. The molecule has 0 aliphatic heterocycles. The van der Waals surface area contributed by atoms with Crippen molar-refractivity contribution in [3.8, 4) is 11.5 Å². The van der Waals surface area contributed by atoms with Gasteiger partial charge in [0.05, 0.1) is 18.7 Å². The summed E-state index contributed by atoms with van der Waals surface area (Å²) in [7, 11) is 1.53. The molecule has 142 valence electrons. The van der Waals surface area contributed by atoms with E-state index in [2.05, 4.69) is 15.6 Å². The second kappa shape index (κ2) is 8.60. The Labute approximate surface area is 169 Å². The molecular weight excluding hydrogens is 414 g/mol. The van der Waals surface area contributed by atoms with Gasteiger partial charge in [0, 0.05) is 16.7 Å². The fourth-order valence-corrected chi connectivity index (χ4v) is 2.92. The molecule has 2 N–H and O–H groups in total. The van der Waals surface area contributed by atoms with Crippen LogP contribution >= 0.6 is 35.4 Å². The first-order valence-corrected chi connectivity index (χ1v) is 8.93. The van der Waals surface area contributed by atoms with Gasteiger partial charge in [-0.05, 0) is 36.0 Å². The zero-order valence-corrected chi connectivity index (χ0v) is 16.5. The molecular formula is C17H15Cl2FN4O2S. The average Bonchev–Trinajstić information content (AvgIpc) is 3.05. The summed E-state index contributed by atoms with van der Waals surface area (Å²) in [4.78, 5) is 0. The smallest absolute Gasteiger partial charge is 0.214 e. The average molecular weight is 429 g/mol. The lowest BCUT2D eigenvalue weighted by molar-refractivity contribution is 0.284. The monoisotopic (exact) mass is 428 g/mol. The van der Waals surface area contributed by atoms with Gasteiger partial charge in [-0.3, -0.25) is 5.10 Å². The summed E-state index contributed by atoms with van der Waals surface area (Å²) in [5.41, 5.74) is 4.51. The SMILES string of the molecule is COc1cc(CNn2cn[nH]c2=S)c(Cl)cc1OCc1ccc(F)cc1Cl. The van der Waals surface area contributed by atoms with Crippen molar-refractivity contribution in [2.45, 2.75) is 13.2 Å². The molecule has 3 rings (SSSR count). The van der Waals surface area contributed by atoms with Gasteiger partial charge in [0.25, 0.3) is 0 Å². The third kappa shape index (κ3) is 4.71. The number of hydrogen-bond donors (Lipinski definition) is 2. The van der Waals surface area contributed by atoms with Crippen molar-refractivity contribution in [3.05, 3.63) is 68.4 Å². The van der Waals surface area contributed by atoms with E-state index in [1.807, 2.05) is 0 Å². The molecule has 0 unspecified atom stereocenters. The molecule has 0 bridgehead atoms. The van der Waals surface area contributed by atoms with E-state index in [0.717, 1.165) is 5.56 Å². The maximum atomic E-state index is 13.1. The third-order valence-corrected chi connectivity index (χ3v) is 4.71. The second-order valence-corrected chi connectivity index (χ2v) is 6.69. The number of hydrogen-bond acceptors (Lipinski definition) is 5. The lowest BCUT2D eigenvalue weighted by atomic mass is 10.2. The van der Waals surface area contributed by atoms with Crippen LogP contribution in [0.2, 0.25) is 10.0 Å². The van der Waals surface area contributed by atoms with Gasteiger partial charge in [-0.1, -0.05) is 29.3 Å². The van der Waals surface area contributed by atoms with Crippen molar-refractivity contribution in [3.63, 3.8) is 0 Å². The Morgan fingerprint density at radius 1 is 1.19 bits per heavy atom. The van der Waals surface area contributed by atoms with Crippen molar-refractivity contribution >= 4 is 35.4 Å². The Kier molecular flexibility index (Phi) is 6.20. The predicted octanol–water partition coefficient (Wildman–Crippen LogP) is 4.72. The molecule has 0 radical (unpaired) electrons. The van der Waals surface area contributed by atoms with Gasteiger partial charge < -0.3 is 14.9 Å². The van der Waals surface area contributed by atoms with Gasteiger partial charge in [0.15, 0.2) is 11.5 Å². The van der Waals surface area contributed by atoms with E-state index in [9.17, 15) is 4.39 Å².